The van der Waals surface area contributed by atoms with Gasteiger partial charge in [0.05, 0.1) is 5.56 Å². The van der Waals surface area contributed by atoms with E-state index in [2.05, 4.69) is 90.4 Å². The van der Waals surface area contributed by atoms with E-state index in [0.717, 1.165) is 14.3 Å². The van der Waals surface area contributed by atoms with Gasteiger partial charge >= 0.3 is 5.97 Å². The molecule has 0 unspecified atom stereocenters. The maximum absolute atomic E-state index is 12.3. The largest absolute Gasteiger partial charge is 0.508 e. The molecule has 0 aliphatic heterocycles. The highest BCUT2D eigenvalue weighted by molar-refractivity contribution is 14.1. The van der Waals surface area contributed by atoms with Crippen molar-refractivity contribution in [2.24, 2.45) is 0 Å². The van der Waals surface area contributed by atoms with Crippen LogP contribution in [0.2, 0.25) is 0 Å². The number of esters is 1. The molecule has 0 amide bonds. The van der Waals surface area contributed by atoms with E-state index in [4.69, 9.17) is 4.74 Å². The number of aromatic hydroxyl groups is 1. The molecule has 3 nitrogen and oxygen atoms in total. The fourth-order valence-corrected chi connectivity index (χ4v) is 4.99. The van der Waals surface area contributed by atoms with Crippen LogP contribution in [0, 0.1) is 14.3 Å². The number of phenols is 1. The molecule has 104 valence electrons. The van der Waals surface area contributed by atoms with E-state index in [-0.39, 0.29) is 11.7 Å². The Balaban J connectivity index is 2.37. The van der Waals surface area contributed by atoms with E-state index < -0.39 is 0 Å². The summed E-state index contributed by atoms with van der Waals surface area (Å²) in [6, 6.07) is 8.12. The number of hydrogen-bond acceptors (Lipinski definition) is 3. The molecule has 0 saturated heterocycles. The molecule has 2 aromatic carbocycles. The first kappa shape index (κ1) is 17.0. The van der Waals surface area contributed by atoms with Crippen molar-refractivity contribution in [2.45, 2.75) is 0 Å². The lowest BCUT2D eigenvalue weighted by molar-refractivity contribution is 0.0732. The van der Waals surface area contributed by atoms with Gasteiger partial charge in [-0.3, -0.25) is 0 Å². The number of rotatable bonds is 2. The van der Waals surface area contributed by atoms with Gasteiger partial charge in [-0.15, -0.1) is 0 Å². The van der Waals surface area contributed by atoms with Gasteiger partial charge in [0.15, 0.2) is 0 Å². The van der Waals surface area contributed by atoms with Crippen molar-refractivity contribution >= 4 is 96.3 Å². The molecule has 0 heterocycles. The number of carbonyl (C=O) groups excluding carboxylic acids is 1. The Morgan fingerprint density at radius 1 is 0.950 bits per heavy atom. The minimum Gasteiger partial charge on any atom is -0.508 e. The molecular weight excluding hydrogens is 712 g/mol. The normalized spacial score (nSPS) is 10.4. The highest BCUT2D eigenvalue weighted by Gasteiger charge is 2.21. The smallest absolute Gasteiger partial charge is 0.345 e. The summed E-state index contributed by atoms with van der Waals surface area (Å²) in [5, 5.41) is 9.22. The second-order valence-corrected chi connectivity index (χ2v) is 8.21. The van der Waals surface area contributed by atoms with E-state index in [9.17, 15) is 9.90 Å². The van der Waals surface area contributed by atoms with Gasteiger partial charge in [0.25, 0.3) is 0 Å². The molecule has 20 heavy (non-hydrogen) atoms. The van der Waals surface area contributed by atoms with Gasteiger partial charge in [-0.2, -0.15) is 0 Å². The molecule has 0 radical (unpaired) electrons. The molecule has 0 saturated carbocycles. The Morgan fingerprint density at radius 3 is 1.95 bits per heavy atom. The fourth-order valence-electron chi connectivity index (χ4n) is 1.42. The summed E-state index contributed by atoms with van der Waals surface area (Å²) in [5.74, 6) is 0.159. The highest BCUT2D eigenvalue weighted by atomic mass is 127. The minimum absolute atomic E-state index is 0.137. The van der Waals surface area contributed by atoms with Crippen LogP contribution in [0.3, 0.4) is 0 Å². The van der Waals surface area contributed by atoms with Crippen molar-refractivity contribution < 1.29 is 14.6 Å². The average molecular weight is 718 g/mol. The first-order valence-corrected chi connectivity index (χ1v) is 9.56. The second-order valence-electron chi connectivity index (χ2n) is 3.73. The van der Waals surface area contributed by atoms with Crippen molar-refractivity contribution in [1.82, 2.24) is 0 Å². The predicted molar refractivity (Wildman–Crippen MR) is 110 cm³/mol. The van der Waals surface area contributed by atoms with Crippen LogP contribution in [-0.4, -0.2) is 11.1 Å². The van der Waals surface area contributed by atoms with Gasteiger partial charge < -0.3 is 9.84 Å². The third kappa shape index (κ3) is 3.88. The van der Waals surface area contributed by atoms with Gasteiger partial charge in [-0.25, -0.2) is 4.79 Å². The molecule has 1 N–H and O–H groups in total. The number of halogens is 4. The van der Waals surface area contributed by atoms with Gasteiger partial charge in [0.2, 0.25) is 0 Å². The van der Waals surface area contributed by atoms with Crippen LogP contribution in [0.15, 0.2) is 30.3 Å². The van der Waals surface area contributed by atoms with Crippen LogP contribution in [-0.2, 0) is 0 Å². The topological polar surface area (TPSA) is 46.5 Å². The summed E-state index contributed by atoms with van der Waals surface area (Å²) in [4.78, 5) is 12.3. The molecule has 0 atom stereocenters. The summed E-state index contributed by atoms with van der Waals surface area (Å²) in [5.41, 5.74) is 0.579. The Hall–Kier alpha value is 0.630. The zero-order valence-corrected chi connectivity index (χ0v) is 18.3. The quantitative estimate of drug-likeness (QED) is 0.206. The van der Waals surface area contributed by atoms with Crippen molar-refractivity contribution in [3.8, 4) is 11.5 Å². The Morgan fingerprint density at radius 2 is 1.45 bits per heavy atom. The zero-order chi connectivity index (χ0) is 14.9. The molecular formula is C13H6I4O3. The lowest BCUT2D eigenvalue weighted by Crippen LogP contribution is -2.14. The van der Waals surface area contributed by atoms with Gasteiger partial charge in [0.1, 0.15) is 11.5 Å². The van der Waals surface area contributed by atoms with Crippen molar-refractivity contribution in [3.63, 3.8) is 0 Å². The minimum atomic E-state index is -0.388. The molecule has 2 aromatic rings. The van der Waals surface area contributed by atoms with Crippen LogP contribution >= 0.6 is 90.4 Å². The molecule has 0 aromatic heterocycles. The van der Waals surface area contributed by atoms with Crippen LogP contribution < -0.4 is 4.74 Å². The Labute approximate surface area is 170 Å². The van der Waals surface area contributed by atoms with Crippen LogP contribution in [0.5, 0.6) is 11.5 Å². The number of hydrogen-bond donors (Lipinski definition) is 1. The summed E-state index contributed by atoms with van der Waals surface area (Å²) in [6.45, 7) is 0. The standard InChI is InChI=1S/C13H6I4O3/c14-8-5-9(15)12(17)10(11(8)16)13(19)20-7-3-1-6(18)2-4-7/h1-5,18H. The van der Waals surface area contributed by atoms with E-state index in [1.807, 2.05) is 6.07 Å². The van der Waals surface area contributed by atoms with Gasteiger partial charge in [-0.05, 0) is 121 Å². The number of benzene rings is 2. The number of phenolic OH excluding ortho intramolecular Hbond substituents is 1. The molecule has 2 rings (SSSR count). The Bertz CT molecular complexity index is 642. The summed E-state index contributed by atoms with van der Waals surface area (Å²) in [6.07, 6.45) is 0. The van der Waals surface area contributed by atoms with Crippen molar-refractivity contribution in [1.29, 1.82) is 0 Å². The summed E-state index contributed by atoms with van der Waals surface area (Å²) >= 11 is 8.72. The lowest BCUT2D eigenvalue weighted by Gasteiger charge is -2.11. The highest BCUT2D eigenvalue weighted by Crippen LogP contribution is 2.30. The summed E-state index contributed by atoms with van der Waals surface area (Å²) < 4.78 is 9.17. The van der Waals surface area contributed by atoms with E-state index in [1.165, 1.54) is 12.1 Å². The first-order valence-electron chi connectivity index (χ1n) is 5.24. The Kier molecular flexibility index (Phi) is 6.17. The maximum Gasteiger partial charge on any atom is 0.345 e. The summed E-state index contributed by atoms with van der Waals surface area (Å²) in [7, 11) is 0. The fraction of sp³-hybridized carbons (Fsp3) is 0. The van der Waals surface area contributed by atoms with E-state index >= 15 is 0 Å². The van der Waals surface area contributed by atoms with Crippen molar-refractivity contribution in [2.75, 3.05) is 0 Å². The van der Waals surface area contributed by atoms with Crippen molar-refractivity contribution in [3.05, 3.63) is 50.2 Å². The molecule has 0 fully saturated rings. The van der Waals surface area contributed by atoms with Crippen LogP contribution in [0.1, 0.15) is 10.4 Å². The third-order valence-corrected chi connectivity index (χ3v) is 8.37. The molecule has 0 bridgehead atoms. The van der Waals surface area contributed by atoms with Crippen LogP contribution in [0.4, 0.5) is 0 Å². The van der Waals surface area contributed by atoms with Gasteiger partial charge in [0, 0.05) is 14.3 Å². The third-order valence-electron chi connectivity index (χ3n) is 2.36. The number of ether oxygens (including phenoxy) is 1. The maximum atomic E-state index is 12.3. The zero-order valence-electron chi connectivity index (χ0n) is 9.66. The monoisotopic (exact) mass is 718 g/mol. The lowest BCUT2D eigenvalue weighted by atomic mass is 10.2. The van der Waals surface area contributed by atoms with E-state index in [0.29, 0.717) is 11.3 Å². The first-order chi connectivity index (χ1) is 9.40. The number of carbonyl (C=O) groups is 1. The van der Waals surface area contributed by atoms with Crippen LogP contribution in [0.25, 0.3) is 0 Å². The molecule has 0 aliphatic carbocycles. The molecule has 7 heteroatoms. The van der Waals surface area contributed by atoms with Gasteiger partial charge in [-0.1, -0.05) is 0 Å². The SMILES string of the molecule is O=C(Oc1ccc(O)cc1)c1c(I)c(I)cc(I)c1I. The second kappa shape index (κ2) is 7.26. The predicted octanol–water partition coefficient (Wildman–Crippen LogP) is 5.03. The van der Waals surface area contributed by atoms with E-state index in [1.54, 1.807) is 12.1 Å². The molecule has 0 spiro atoms. The average Bonchev–Trinajstić information content (AvgIpc) is 2.39. The molecule has 0 aliphatic rings.